The molecule has 0 atom stereocenters. The molecule has 0 spiro atoms. The van der Waals surface area contributed by atoms with Gasteiger partial charge in [0, 0.05) is 0 Å². The number of nitrogens with two attached hydrogens (primary N) is 1. The van der Waals surface area contributed by atoms with Gasteiger partial charge in [-0.15, -0.1) is 0 Å². The fraction of sp³-hybridized carbons (Fsp3) is 1.00. The molecule has 8 heavy (non-hydrogen) atoms. The Morgan fingerprint density at radius 3 is 2.00 bits per heavy atom. The minimum atomic E-state index is -4.00. The topological polar surface area (TPSA) is 16.6 Å². The Balaban J connectivity index is 3.11. The fourth-order valence-electron chi connectivity index (χ4n) is 0.308. The predicted octanol–water partition coefficient (Wildman–Crippen LogP) is 0.132. The van der Waals surface area contributed by atoms with E-state index in [4.69, 9.17) is 0 Å². The lowest BCUT2D eigenvalue weighted by atomic mass is 10.6. The Kier molecular flexibility index (Phi) is 2.82. The van der Waals surface area contributed by atoms with Crippen molar-refractivity contribution in [3.63, 3.8) is 0 Å². The minimum Gasteiger partial charge on any atom is -0.339 e. The van der Waals surface area contributed by atoms with Gasteiger partial charge in [0.2, 0.25) is 0 Å². The number of hydrogen-bond acceptors (Lipinski definition) is 0. The highest BCUT2D eigenvalue weighted by Crippen LogP contribution is 2.09. The summed E-state index contributed by atoms with van der Waals surface area (Å²) in [5, 5.41) is 1.21. The lowest BCUT2D eigenvalue weighted by molar-refractivity contribution is -0.673. The van der Waals surface area contributed by atoms with E-state index in [1.54, 1.807) is 6.92 Å². The molecule has 1 nitrogen and oxygen atoms in total. The van der Waals surface area contributed by atoms with E-state index in [2.05, 4.69) is 0 Å². The second-order valence-corrected chi connectivity index (χ2v) is 1.52. The van der Waals surface area contributed by atoms with E-state index in [9.17, 15) is 13.2 Å². The zero-order valence-corrected chi connectivity index (χ0v) is 4.63. The average molecular weight is 128 g/mol. The monoisotopic (exact) mass is 128 g/mol. The van der Waals surface area contributed by atoms with Crippen LogP contribution in [0.5, 0.6) is 0 Å². The maximum Gasteiger partial charge on any atom is 0.438 e. The quantitative estimate of drug-likeness (QED) is 0.544. The Morgan fingerprint density at radius 2 is 1.88 bits per heavy atom. The van der Waals surface area contributed by atoms with Gasteiger partial charge in [0.1, 0.15) is 0 Å². The van der Waals surface area contributed by atoms with Crippen LogP contribution in [-0.4, -0.2) is 19.3 Å². The van der Waals surface area contributed by atoms with E-state index in [0.717, 1.165) is 0 Å². The van der Waals surface area contributed by atoms with Gasteiger partial charge in [0.15, 0.2) is 6.54 Å². The molecule has 4 heteroatoms. The molecule has 0 aromatic heterocycles. The molecule has 0 aliphatic rings. The molecule has 0 aliphatic carbocycles. The first-order valence-electron chi connectivity index (χ1n) is 2.44. The van der Waals surface area contributed by atoms with Gasteiger partial charge in [-0.2, -0.15) is 13.2 Å². The number of rotatable bonds is 2. The molecule has 0 rings (SSSR count). The van der Waals surface area contributed by atoms with Crippen molar-refractivity contribution in [2.45, 2.75) is 13.1 Å². The number of quaternary nitrogens is 1. The summed E-state index contributed by atoms with van der Waals surface area (Å²) in [6.07, 6.45) is -4.00. The molecule has 0 unspecified atom stereocenters. The smallest absolute Gasteiger partial charge is 0.339 e. The summed E-state index contributed by atoms with van der Waals surface area (Å²) in [4.78, 5) is 0. The molecule has 0 aromatic carbocycles. The van der Waals surface area contributed by atoms with Crippen LogP contribution in [0.1, 0.15) is 6.92 Å². The molecule has 0 aromatic rings. The maximum atomic E-state index is 11.2. The zero-order valence-electron chi connectivity index (χ0n) is 4.63. The molecular formula is C4H9F3N+. The van der Waals surface area contributed by atoms with Crippen LogP contribution in [-0.2, 0) is 0 Å². The third-order valence-corrected chi connectivity index (χ3v) is 0.664. The van der Waals surface area contributed by atoms with Crippen LogP contribution in [0.15, 0.2) is 0 Å². The van der Waals surface area contributed by atoms with E-state index >= 15 is 0 Å². The molecule has 0 heterocycles. The van der Waals surface area contributed by atoms with Crippen molar-refractivity contribution in [3.8, 4) is 0 Å². The van der Waals surface area contributed by atoms with Crippen LogP contribution in [0, 0.1) is 0 Å². The van der Waals surface area contributed by atoms with Crippen molar-refractivity contribution in [1.29, 1.82) is 0 Å². The first kappa shape index (κ1) is 7.75. The Bertz CT molecular complexity index is 58.8. The van der Waals surface area contributed by atoms with Crippen LogP contribution in [0.25, 0.3) is 0 Å². The Labute approximate surface area is 45.9 Å². The van der Waals surface area contributed by atoms with Crippen LogP contribution >= 0.6 is 0 Å². The summed E-state index contributed by atoms with van der Waals surface area (Å²) in [5.74, 6) is 0. The molecule has 0 aliphatic heterocycles. The van der Waals surface area contributed by atoms with Crippen molar-refractivity contribution >= 4 is 0 Å². The second kappa shape index (κ2) is 2.91. The first-order chi connectivity index (χ1) is 3.56. The molecule has 2 N–H and O–H groups in total. The number of hydrogen-bond donors (Lipinski definition) is 1. The molecule has 0 amide bonds. The lowest BCUT2D eigenvalue weighted by Gasteiger charge is -2.01. The summed E-state index contributed by atoms with van der Waals surface area (Å²) in [6.45, 7) is 1.41. The van der Waals surface area contributed by atoms with Gasteiger partial charge in [-0.3, -0.25) is 0 Å². The summed E-state index contributed by atoms with van der Waals surface area (Å²) < 4.78 is 33.6. The molecule has 50 valence electrons. The highest BCUT2D eigenvalue weighted by molar-refractivity contribution is 4.39. The molecule has 0 bridgehead atoms. The van der Waals surface area contributed by atoms with Gasteiger partial charge in [-0.05, 0) is 6.92 Å². The SMILES string of the molecule is CC[NH2+]CC(F)(F)F. The van der Waals surface area contributed by atoms with E-state index in [1.165, 1.54) is 5.32 Å². The van der Waals surface area contributed by atoms with Gasteiger partial charge >= 0.3 is 6.18 Å². The fourth-order valence-corrected chi connectivity index (χ4v) is 0.308. The largest absolute Gasteiger partial charge is 0.438 e. The third kappa shape index (κ3) is 5.75. The van der Waals surface area contributed by atoms with Crippen LogP contribution < -0.4 is 5.32 Å². The van der Waals surface area contributed by atoms with Crippen molar-refractivity contribution < 1.29 is 18.5 Å². The Morgan fingerprint density at radius 1 is 1.38 bits per heavy atom. The summed E-state index contributed by atoms with van der Waals surface area (Å²) in [7, 11) is 0. The molecule has 0 saturated carbocycles. The lowest BCUT2D eigenvalue weighted by Crippen LogP contribution is -2.86. The van der Waals surface area contributed by atoms with Crippen LogP contribution in [0.4, 0.5) is 13.2 Å². The van der Waals surface area contributed by atoms with Gasteiger partial charge in [-0.1, -0.05) is 0 Å². The van der Waals surface area contributed by atoms with E-state index in [1.807, 2.05) is 0 Å². The van der Waals surface area contributed by atoms with Gasteiger partial charge < -0.3 is 5.32 Å². The van der Waals surface area contributed by atoms with Crippen molar-refractivity contribution in [2.75, 3.05) is 13.1 Å². The normalized spacial score (nSPS) is 12.0. The summed E-state index contributed by atoms with van der Waals surface area (Å²) in [5.41, 5.74) is 0. The average Bonchev–Trinajstić information content (AvgIpc) is 1.59. The van der Waals surface area contributed by atoms with E-state index in [-0.39, 0.29) is 0 Å². The molecular weight excluding hydrogens is 119 g/mol. The second-order valence-electron chi connectivity index (χ2n) is 1.52. The highest BCUT2D eigenvalue weighted by atomic mass is 19.4. The van der Waals surface area contributed by atoms with E-state index < -0.39 is 12.7 Å². The summed E-state index contributed by atoms with van der Waals surface area (Å²) in [6, 6.07) is 0. The molecule has 0 radical (unpaired) electrons. The van der Waals surface area contributed by atoms with Crippen molar-refractivity contribution in [3.05, 3.63) is 0 Å². The summed E-state index contributed by atoms with van der Waals surface area (Å²) >= 11 is 0. The molecule has 0 saturated heterocycles. The van der Waals surface area contributed by atoms with Crippen molar-refractivity contribution in [1.82, 2.24) is 0 Å². The number of halogens is 3. The van der Waals surface area contributed by atoms with Crippen LogP contribution in [0.3, 0.4) is 0 Å². The van der Waals surface area contributed by atoms with Crippen molar-refractivity contribution in [2.24, 2.45) is 0 Å². The first-order valence-corrected chi connectivity index (χ1v) is 2.44. The van der Waals surface area contributed by atoms with Crippen LogP contribution in [0.2, 0.25) is 0 Å². The highest BCUT2D eigenvalue weighted by Gasteiger charge is 2.28. The molecule has 0 fully saturated rings. The van der Waals surface area contributed by atoms with Gasteiger partial charge in [-0.25, -0.2) is 0 Å². The third-order valence-electron chi connectivity index (χ3n) is 0.664. The maximum absolute atomic E-state index is 11.2. The van der Waals surface area contributed by atoms with E-state index in [0.29, 0.717) is 6.54 Å². The standard InChI is InChI=1S/C4H8F3N/c1-2-8-3-4(5,6)7/h8H,2-3H2,1H3/p+1. The Hall–Kier alpha value is -0.250. The van der Waals surface area contributed by atoms with Gasteiger partial charge in [0.25, 0.3) is 0 Å². The number of alkyl halides is 3. The van der Waals surface area contributed by atoms with Gasteiger partial charge in [0.05, 0.1) is 6.54 Å². The zero-order chi connectivity index (χ0) is 6.62. The minimum absolute atomic E-state index is 0.486. The predicted molar refractivity (Wildman–Crippen MR) is 23.4 cm³/mol.